The maximum absolute atomic E-state index is 8.77. The minimum absolute atomic E-state index is 0. The Morgan fingerprint density at radius 3 is 0.714 bits per heavy atom. The van der Waals surface area contributed by atoms with Crippen molar-refractivity contribution >= 4 is 7.82 Å². The van der Waals surface area contributed by atoms with E-state index < -0.39 is 7.82 Å². The molecular formula is H18NaO12P. The summed E-state index contributed by atoms with van der Waals surface area (Å²) in [7, 11) is -4.89. The molecule has 0 aliphatic carbocycles. The van der Waals surface area contributed by atoms with Gasteiger partial charge in [-0.25, -0.2) is 0 Å². The topological polar surface area (TPSA) is 333 Å². The number of rotatable bonds is 0. The Bertz CT molecular complexity index is 56.5. The summed E-state index contributed by atoms with van der Waals surface area (Å²) < 4.78 is 8.77. The molecule has 0 aromatic rings. The number of hydrogen-bond acceptors (Lipinski definition) is 2. The minimum Gasteiger partial charge on any atom is -0.756 e. The van der Waals surface area contributed by atoms with Gasteiger partial charge in [0.25, 0.3) is 7.82 Å². The third kappa shape index (κ3) is 2850. The Morgan fingerprint density at radius 1 is 0.714 bits per heavy atom. The molecule has 0 aliphatic rings. The molecule has 0 rings (SSSR count). The first-order valence-corrected chi connectivity index (χ1v) is 2.30. The van der Waals surface area contributed by atoms with Gasteiger partial charge in [-0.05, 0) is 0 Å². The van der Waals surface area contributed by atoms with Crippen LogP contribution in [0.2, 0.25) is 0 Å². The van der Waals surface area contributed by atoms with Gasteiger partial charge in [0.1, 0.15) is 0 Å². The van der Waals surface area contributed by atoms with Crippen molar-refractivity contribution in [1.82, 2.24) is 0 Å². The first-order chi connectivity index (χ1) is 2.00. The van der Waals surface area contributed by atoms with Gasteiger partial charge in [-0.3, -0.25) is 4.57 Å². The van der Waals surface area contributed by atoms with Crippen molar-refractivity contribution in [1.29, 1.82) is 0 Å². The molecule has 0 atom stereocenters. The average molecular weight is 264 g/mol. The molecule has 14 heteroatoms. The van der Waals surface area contributed by atoms with E-state index in [0.717, 1.165) is 0 Å². The van der Waals surface area contributed by atoms with Crippen LogP contribution in [0.15, 0.2) is 0 Å². The Morgan fingerprint density at radius 2 is 0.714 bits per heavy atom. The SMILES string of the molecule is O.O.O.O.O.O.O.O.O=P([O-])(O)O.[Na+]. The molecule has 0 radical (unpaired) electrons. The minimum atomic E-state index is -4.89. The molecule has 0 saturated carbocycles. The molecule has 12 nitrogen and oxygen atoms in total. The molecule has 18 N–H and O–H groups in total. The second-order valence-corrected chi connectivity index (χ2v) is 1.47. The fourth-order valence-electron chi connectivity index (χ4n) is 0. The van der Waals surface area contributed by atoms with Crippen molar-refractivity contribution < 1.29 is 92.6 Å². The summed E-state index contributed by atoms with van der Waals surface area (Å²) >= 11 is 0. The average Bonchev–Trinajstić information content (AvgIpc) is 0.722. The van der Waals surface area contributed by atoms with Crippen molar-refractivity contribution in [2.45, 2.75) is 0 Å². The van der Waals surface area contributed by atoms with Crippen LogP contribution in [0, 0.1) is 0 Å². The summed E-state index contributed by atoms with van der Waals surface area (Å²) in [5, 5.41) is 0. The summed E-state index contributed by atoms with van der Waals surface area (Å²) in [6.07, 6.45) is 0. The van der Waals surface area contributed by atoms with Crippen LogP contribution in [0.1, 0.15) is 0 Å². The van der Waals surface area contributed by atoms with Crippen LogP contribution in [0.25, 0.3) is 0 Å². The van der Waals surface area contributed by atoms with Crippen LogP contribution in [0.3, 0.4) is 0 Å². The van der Waals surface area contributed by atoms with E-state index in [9.17, 15) is 0 Å². The molecule has 0 amide bonds. The zero-order chi connectivity index (χ0) is 4.50. The second-order valence-electron chi connectivity index (χ2n) is 0.491. The molecule has 0 aliphatic heterocycles. The van der Waals surface area contributed by atoms with Gasteiger partial charge >= 0.3 is 29.6 Å². The molecular weight excluding hydrogens is 246 g/mol. The van der Waals surface area contributed by atoms with Crippen LogP contribution in [-0.4, -0.2) is 53.6 Å². The Kier molecular flexibility index (Phi) is 428. The molecule has 96 valence electrons. The normalized spacial score (nSPS) is 4.21. The van der Waals surface area contributed by atoms with Gasteiger partial charge in [-0.1, -0.05) is 0 Å². The van der Waals surface area contributed by atoms with Gasteiger partial charge in [0.2, 0.25) is 0 Å². The maximum atomic E-state index is 8.77. The summed E-state index contributed by atoms with van der Waals surface area (Å²) in [5.74, 6) is 0. The number of phosphoric acid groups is 1. The predicted octanol–water partition coefficient (Wildman–Crippen LogP) is -11.2. The van der Waals surface area contributed by atoms with Gasteiger partial charge in [0.05, 0.1) is 0 Å². The monoisotopic (exact) mass is 264 g/mol. The summed E-state index contributed by atoms with van der Waals surface area (Å²) in [6.45, 7) is 0. The van der Waals surface area contributed by atoms with Gasteiger partial charge in [-0.2, -0.15) is 0 Å². The van der Waals surface area contributed by atoms with E-state index in [-0.39, 0.29) is 73.4 Å². The summed E-state index contributed by atoms with van der Waals surface area (Å²) in [6, 6.07) is 0. The van der Waals surface area contributed by atoms with E-state index in [0.29, 0.717) is 0 Å². The molecule has 0 spiro atoms. The van der Waals surface area contributed by atoms with Crippen molar-refractivity contribution in [2.75, 3.05) is 0 Å². The zero-order valence-corrected chi connectivity index (χ0v) is 10.1. The van der Waals surface area contributed by atoms with Gasteiger partial charge in [0, 0.05) is 0 Å². The van der Waals surface area contributed by atoms with Crippen molar-refractivity contribution in [3.05, 3.63) is 0 Å². The summed E-state index contributed by atoms with van der Waals surface area (Å²) in [5.41, 5.74) is 0. The third-order valence-corrected chi connectivity index (χ3v) is 0. The molecule has 0 aromatic carbocycles. The fourth-order valence-corrected chi connectivity index (χ4v) is 0. The Labute approximate surface area is 101 Å². The van der Waals surface area contributed by atoms with Crippen molar-refractivity contribution in [2.24, 2.45) is 0 Å². The third-order valence-electron chi connectivity index (χ3n) is 0. The molecule has 14 heavy (non-hydrogen) atoms. The van der Waals surface area contributed by atoms with E-state index in [1.165, 1.54) is 0 Å². The van der Waals surface area contributed by atoms with Gasteiger partial charge < -0.3 is 58.5 Å². The molecule has 0 saturated heterocycles. The molecule has 0 bridgehead atoms. The fraction of sp³-hybridized carbons (Fsp3) is 0. The van der Waals surface area contributed by atoms with Crippen LogP contribution < -0.4 is 34.5 Å². The molecule has 0 heterocycles. The Balaban J connectivity index is -0.00000000222. The van der Waals surface area contributed by atoms with Crippen LogP contribution in [0.5, 0.6) is 0 Å². The molecule has 0 fully saturated rings. The predicted molar refractivity (Wildman–Crippen MR) is 41.0 cm³/mol. The molecule has 0 unspecified atom stereocenters. The smallest absolute Gasteiger partial charge is 0.756 e. The van der Waals surface area contributed by atoms with Crippen LogP contribution >= 0.6 is 7.82 Å². The van der Waals surface area contributed by atoms with Crippen molar-refractivity contribution in [3.63, 3.8) is 0 Å². The second kappa shape index (κ2) is 48.9. The van der Waals surface area contributed by atoms with Crippen molar-refractivity contribution in [3.8, 4) is 0 Å². The van der Waals surface area contributed by atoms with E-state index in [2.05, 4.69) is 0 Å². The van der Waals surface area contributed by atoms with Crippen LogP contribution in [-0.2, 0) is 4.57 Å². The largest absolute Gasteiger partial charge is 1.00 e. The Hall–Kier alpha value is 0.790. The first-order valence-electron chi connectivity index (χ1n) is 0.765. The van der Waals surface area contributed by atoms with E-state index >= 15 is 0 Å². The standard InChI is InChI=1S/Na.H3O4P.8H2O/c;1-5(2,3)4;;;;;;;;/h;(H3,1,2,3,4);8*1H2/q+1;;;;;;;;;/p-1. The van der Waals surface area contributed by atoms with Gasteiger partial charge in [0.15, 0.2) is 0 Å². The van der Waals surface area contributed by atoms with Crippen LogP contribution in [0.4, 0.5) is 0 Å². The van der Waals surface area contributed by atoms with Gasteiger partial charge in [-0.15, -0.1) is 0 Å². The maximum Gasteiger partial charge on any atom is 1.00 e. The zero-order valence-electron chi connectivity index (χ0n) is 7.16. The quantitative estimate of drug-likeness (QED) is 0.317. The van der Waals surface area contributed by atoms with E-state index in [1.54, 1.807) is 0 Å². The number of hydrogen-bond donors (Lipinski definition) is 2. The van der Waals surface area contributed by atoms with E-state index in [1.807, 2.05) is 0 Å². The first kappa shape index (κ1) is 123. The van der Waals surface area contributed by atoms with E-state index in [4.69, 9.17) is 19.2 Å². The molecule has 0 aromatic heterocycles. The summed E-state index contributed by atoms with van der Waals surface area (Å²) in [4.78, 5) is 22.9.